The van der Waals surface area contributed by atoms with Crippen LogP contribution in [0.25, 0.3) is 0 Å². The lowest BCUT2D eigenvalue weighted by atomic mass is 9.89. The van der Waals surface area contributed by atoms with Crippen LogP contribution in [0.15, 0.2) is 0 Å². The lowest BCUT2D eigenvalue weighted by Crippen LogP contribution is -2.55. The Morgan fingerprint density at radius 2 is 2.00 bits per heavy atom. The summed E-state index contributed by atoms with van der Waals surface area (Å²) in [7, 11) is 0. The number of fused-ring (bicyclic) bond motifs is 1. The monoisotopic (exact) mass is 239 g/mol. The van der Waals surface area contributed by atoms with Crippen molar-refractivity contribution in [3.05, 3.63) is 0 Å². The lowest BCUT2D eigenvalue weighted by Gasteiger charge is -2.44. The molecular weight excluding hydrogens is 210 g/mol. The fourth-order valence-electron chi connectivity index (χ4n) is 2.99. The van der Waals surface area contributed by atoms with Crippen LogP contribution in [0.1, 0.15) is 39.5 Å². The summed E-state index contributed by atoms with van der Waals surface area (Å²) in [5.41, 5.74) is 6.11. The van der Waals surface area contributed by atoms with Crippen molar-refractivity contribution in [2.75, 3.05) is 39.3 Å². The quantitative estimate of drug-likeness (QED) is 0.807. The number of piperidine rings is 1. The minimum atomic E-state index is 0.309. The van der Waals surface area contributed by atoms with Crippen molar-refractivity contribution in [2.45, 2.75) is 45.6 Å². The van der Waals surface area contributed by atoms with Gasteiger partial charge in [-0.25, -0.2) is 0 Å². The van der Waals surface area contributed by atoms with Gasteiger partial charge in [0.25, 0.3) is 0 Å². The molecule has 2 fully saturated rings. The van der Waals surface area contributed by atoms with Gasteiger partial charge < -0.3 is 10.6 Å². The van der Waals surface area contributed by atoms with Gasteiger partial charge >= 0.3 is 0 Å². The van der Waals surface area contributed by atoms with Gasteiger partial charge in [0.05, 0.1) is 0 Å². The van der Waals surface area contributed by atoms with Gasteiger partial charge in [-0.15, -0.1) is 0 Å². The number of hydrogen-bond donors (Lipinski definition) is 1. The molecule has 2 heterocycles. The number of nitrogens with two attached hydrogens (primary N) is 1. The average Bonchev–Trinajstić information content (AvgIpc) is 2.36. The third kappa shape index (κ3) is 3.67. The standard InChI is InChI=1S/C14H29N3/c1-14(2,12-15)6-8-16-9-10-17-7-4-3-5-13(17)11-16/h13H,3-12,15H2,1-2H3. The predicted molar refractivity (Wildman–Crippen MR) is 73.1 cm³/mol. The zero-order valence-electron chi connectivity index (χ0n) is 11.6. The first-order valence-electron chi connectivity index (χ1n) is 7.27. The first kappa shape index (κ1) is 13.3. The average molecular weight is 239 g/mol. The van der Waals surface area contributed by atoms with Crippen molar-refractivity contribution < 1.29 is 0 Å². The Kier molecular flexibility index (Phi) is 4.45. The molecule has 17 heavy (non-hydrogen) atoms. The summed E-state index contributed by atoms with van der Waals surface area (Å²) in [4.78, 5) is 5.36. The molecular formula is C14H29N3. The Morgan fingerprint density at radius 1 is 1.18 bits per heavy atom. The summed E-state index contributed by atoms with van der Waals surface area (Å²) < 4.78 is 0. The predicted octanol–water partition coefficient (Wildman–Crippen LogP) is 1.53. The fraction of sp³-hybridized carbons (Fsp3) is 1.00. The van der Waals surface area contributed by atoms with Gasteiger partial charge in [-0.05, 0) is 44.3 Å². The normalized spacial score (nSPS) is 28.1. The van der Waals surface area contributed by atoms with Crippen LogP contribution in [0.4, 0.5) is 0 Å². The Morgan fingerprint density at radius 3 is 2.76 bits per heavy atom. The zero-order valence-corrected chi connectivity index (χ0v) is 11.6. The molecule has 1 atom stereocenters. The maximum atomic E-state index is 5.80. The largest absolute Gasteiger partial charge is 0.330 e. The van der Waals surface area contributed by atoms with Crippen molar-refractivity contribution in [3.63, 3.8) is 0 Å². The molecule has 2 rings (SSSR count). The van der Waals surface area contributed by atoms with Gasteiger partial charge in [-0.2, -0.15) is 0 Å². The van der Waals surface area contributed by atoms with Crippen LogP contribution in [-0.2, 0) is 0 Å². The van der Waals surface area contributed by atoms with E-state index < -0.39 is 0 Å². The van der Waals surface area contributed by atoms with Crippen molar-refractivity contribution in [2.24, 2.45) is 11.1 Å². The minimum absolute atomic E-state index is 0.309. The third-order valence-corrected chi connectivity index (χ3v) is 4.58. The summed E-state index contributed by atoms with van der Waals surface area (Å²) in [6.45, 7) is 11.8. The number of hydrogen-bond acceptors (Lipinski definition) is 3. The van der Waals surface area contributed by atoms with Gasteiger partial charge in [0, 0.05) is 25.7 Å². The highest BCUT2D eigenvalue weighted by molar-refractivity contribution is 4.85. The van der Waals surface area contributed by atoms with Crippen LogP contribution in [0.3, 0.4) is 0 Å². The highest BCUT2D eigenvalue weighted by Gasteiger charge is 2.29. The van der Waals surface area contributed by atoms with Gasteiger partial charge in [-0.3, -0.25) is 4.90 Å². The molecule has 3 nitrogen and oxygen atoms in total. The van der Waals surface area contributed by atoms with Crippen LogP contribution in [-0.4, -0.2) is 55.1 Å². The summed E-state index contributed by atoms with van der Waals surface area (Å²) in [5.74, 6) is 0. The molecule has 2 aliphatic rings. The molecule has 0 radical (unpaired) electrons. The molecule has 100 valence electrons. The number of nitrogens with zero attached hydrogens (tertiary/aromatic N) is 2. The topological polar surface area (TPSA) is 32.5 Å². The lowest BCUT2D eigenvalue weighted by molar-refractivity contribution is 0.0441. The second-order valence-electron chi connectivity index (χ2n) is 6.60. The number of piperazine rings is 1. The molecule has 2 saturated heterocycles. The molecule has 0 aliphatic carbocycles. The molecule has 0 saturated carbocycles. The maximum Gasteiger partial charge on any atom is 0.0223 e. The first-order valence-corrected chi connectivity index (χ1v) is 7.27. The first-order chi connectivity index (χ1) is 8.11. The Bertz CT molecular complexity index is 240. The summed E-state index contributed by atoms with van der Waals surface area (Å²) in [6.07, 6.45) is 5.49. The second kappa shape index (κ2) is 5.68. The molecule has 0 spiro atoms. The van der Waals surface area contributed by atoms with Crippen molar-refractivity contribution in [1.29, 1.82) is 0 Å². The molecule has 0 aromatic heterocycles. The molecule has 0 aromatic carbocycles. The SMILES string of the molecule is CC(C)(CN)CCN1CCN2CCCCC2C1. The Balaban J connectivity index is 1.76. The van der Waals surface area contributed by atoms with Gasteiger partial charge in [0.1, 0.15) is 0 Å². The van der Waals surface area contributed by atoms with E-state index in [2.05, 4.69) is 23.6 Å². The fourth-order valence-corrected chi connectivity index (χ4v) is 2.99. The van der Waals surface area contributed by atoms with Crippen molar-refractivity contribution in [1.82, 2.24) is 9.80 Å². The highest BCUT2D eigenvalue weighted by atomic mass is 15.3. The minimum Gasteiger partial charge on any atom is -0.330 e. The summed E-state index contributed by atoms with van der Waals surface area (Å²) in [5, 5.41) is 0. The van der Waals surface area contributed by atoms with Crippen molar-refractivity contribution in [3.8, 4) is 0 Å². The van der Waals surface area contributed by atoms with E-state index in [1.807, 2.05) is 0 Å². The van der Waals surface area contributed by atoms with Crippen LogP contribution >= 0.6 is 0 Å². The maximum absolute atomic E-state index is 5.80. The van der Waals surface area contributed by atoms with Gasteiger partial charge in [0.15, 0.2) is 0 Å². The molecule has 0 bridgehead atoms. The van der Waals surface area contributed by atoms with Gasteiger partial charge in [-0.1, -0.05) is 20.3 Å². The van der Waals surface area contributed by atoms with E-state index in [0.29, 0.717) is 5.41 Å². The Hall–Kier alpha value is -0.120. The molecule has 2 N–H and O–H groups in total. The zero-order chi connectivity index (χ0) is 12.3. The molecule has 3 heteroatoms. The van der Waals surface area contributed by atoms with E-state index in [1.54, 1.807) is 0 Å². The van der Waals surface area contributed by atoms with E-state index >= 15 is 0 Å². The van der Waals surface area contributed by atoms with Crippen LogP contribution in [0.2, 0.25) is 0 Å². The van der Waals surface area contributed by atoms with Crippen LogP contribution < -0.4 is 5.73 Å². The second-order valence-corrected chi connectivity index (χ2v) is 6.60. The van der Waals surface area contributed by atoms with Gasteiger partial charge in [0.2, 0.25) is 0 Å². The van der Waals surface area contributed by atoms with Crippen LogP contribution in [0, 0.1) is 5.41 Å². The van der Waals surface area contributed by atoms with Crippen LogP contribution in [0.5, 0.6) is 0 Å². The van der Waals surface area contributed by atoms with E-state index in [0.717, 1.165) is 12.6 Å². The van der Waals surface area contributed by atoms with E-state index in [-0.39, 0.29) is 0 Å². The van der Waals surface area contributed by atoms with E-state index in [1.165, 1.54) is 58.4 Å². The smallest absolute Gasteiger partial charge is 0.0223 e. The molecule has 2 aliphatic heterocycles. The molecule has 1 unspecified atom stereocenters. The summed E-state index contributed by atoms with van der Waals surface area (Å²) >= 11 is 0. The third-order valence-electron chi connectivity index (χ3n) is 4.58. The van der Waals surface area contributed by atoms with E-state index in [4.69, 9.17) is 5.73 Å². The molecule has 0 aromatic rings. The summed E-state index contributed by atoms with van der Waals surface area (Å²) in [6, 6.07) is 0.846. The highest BCUT2D eigenvalue weighted by Crippen LogP contribution is 2.23. The molecule has 0 amide bonds. The Labute approximate surface area is 106 Å². The van der Waals surface area contributed by atoms with Crippen molar-refractivity contribution >= 4 is 0 Å². The number of rotatable bonds is 4. The van der Waals surface area contributed by atoms with E-state index in [9.17, 15) is 0 Å².